The van der Waals surface area contributed by atoms with Gasteiger partial charge in [-0.3, -0.25) is 9.59 Å². The molecular formula is C15H17N3O4. The molecule has 1 aromatic carbocycles. The van der Waals surface area contributed by atoms with Crippen LogP contribution in [-0.4, -0.2) is 41.3 Å². The van der Waals surface area contributed by atoms with Crippen molar-refractivity contribution in [3.8, 4) is 0 Å². The highest BCUT2D eigenvalue weighted by Gasteiger charge is 2.28. The Morgan fingerprint density at radius 2 is 1.86 bits per heavy atom. The lowest BCUT2D eigenvalue weighted by molar-refractivity contribution is -0.157. The lowest BCUT2D eigenvalue weighted by Gasteiger charge is -2.09. The Morgan fingerprint density at radius 3 is 2.50 bits per heavy atom. The summed E-state index contributed by atoms with van der Waals surface area (Å²) in [5.41, 5.74) is 0.769. The molecular weight excluding hydrogens is 286 g/mol. The van der Waals surface area contributed by atoms with E-state index in [9.17, 15) is 9.59 Å². The number of hydrogen-bond acceptors (Lipinski definition) is 6. The largest absolute Gasteiger partial charge is 0.465 e. The molecule has 0 amide bonds. The van der Waals surface area contributed by atoms with Gasteiger partial charge in [0, 0.05) is 5.39 Å². The van der Waals surface area contributed by atoms with E-state index < -0.39 is 17.9 Å². The monoisotopic (exact) mass is 303 g/mol. The Bertz CT molecular complexity index is 675. The van der Waals surface area contributed by atoms with E-state index in [0.29, 0.717) is 0 Å². The van der Waals surface area contributed by atoms with Crippen LogP contribution in [0.15, 0.2) is 35.6 Å². The second-order valence-corrected chi connectivity index (χ2v) is 4.34. The molecule has 22 heavy (non-hydrogen) atoms. The topological polar surface area (TPSA) is 82.8 Å². The molecule has 2 rings (SSSR count). The van der Waals surface area contributed by atoms with Crippen LogP contribution in [0.25, 0.3) is 10.9 Å². The number of rotatable bonds is 6. The van der Waals surface area contributed by atoms with Crippen molar-refractivity contribution in [2.24, 2.45) is 11.0 Å². The molecule has 116 valence electrons. The van der Waals surface area contributed by atoms with Crippen LogP contribution in [0.1, 0.15) is 13.8 Å². The molecule has 0 saturated carbocycles. The first-order valence-corrected chi connectivity index (χ1v) is 6.97. The third-order valence-electron chi connectivity index (χ3n) is 2.86. The molecule has 0 aliphatic heterocycles. The highest BCUT2D eigenvalue weighted by atomic mass is 16.6. The predicted octanol–water partition coefficient (Wildman–Crippen LogP) is 1.61. The van der Waals surface area contributed by atoms with Gasteiger partial charge in [-0.25, -0.2) is 0 Å². The summed E-state index contributed by atoms with van der Waals surface area (Å²) in [7, 11) is 0. The molecule has 7 heteroatoms. The zero-order valence-corrected chi connectivity index (χ0v) is 12.4. The van der Waals surface area contributed by atoms with E-state index in [0.717, 1.165) is 10.9 Å². The summed E-state index contributed by atoms with van der Waals surface area (Å²) in [5, 5.41) is 9.08. The average molecular weight is 303 g/mol. The van der Waals surface area contributed by atoms with Crippen LogP contribution in [0.4, 0.5) is 0 Å². The number of esters is 2. The third-order valence-corrected chi connectivity index (χ3v) is 2.86. The van der Waals surface area contributed by atoms with Gasteiger partial charge in [0.1, 0.15) is 0 Å². The van der Waals surface area contributed by atoms with Gasteiger partial charge >= 0.3 is 11.9 Å². The van der Waals surface area contributed by atoms with E-state index in [1.165, 1.54) is 11.0 Å². The summed E-state index contributed by atoms with van der Waals surface area (Å²) < 4.78 is 9.74. The minimum Gasteiger partial charge on any atom is -0.465 e. The van der Waals surface area contributed by atoms with Crippen molar-refractivity contribution in [3.63, 3.8) is 0 Å². The van der Waals surface area contributed by atoms with Gasteiger partial charge in [-0.2, -0.15) is 15.0 Å². The molecule has 7 nitrogen and oxygen atoms in total. The first-order chi connectivity index (χ1) is 10.7. The molecule has 0 spiro atoms. The Labute approximate surface area is 127 Å². The Hall–Kier alpha value is -2.70. The van der Waals surface area contributed by atoms with E-state index in [1.54, 1.807) is 20.0 Å². The van der Waals surface area contributed by atoms with Crippen LogP contribution in [0, 0.1) is 5.92 Å². The smallest absolute Gasteiger partial charge is 0.325 e. The summed E-state index contributed by atoms with van der Waals surface area (Å²) in [5.74, 6) is -2.59. The molecule has 1 aromatic heterocycles. The summed E-state index contributed by atoms with van der Waals surface area (Å²) in [6.45, 7) is 3.68. The number of aromatic nitrogens is 2. The molecule has 0 saturated heterocycles. The molecule has 1 heterocycles. The van der Waals surface area contributed by atoms with E-state index in [-0.39, 0.29) is 13.2 Å². The average Bonchev–Trinajstić information content (AvgIpc) is 2.91. The first kappa shape index (κ1) is 15.7. The maximum Gasteiger partial charge on any atom is 0.325 e. The van der Waals surface area contributed by atoms with Crippen molar-refractivity contribution in [1.82, 2.24) is 9.89 Å². The van der Waals surface area contributed by atoms with Crippen LogP contribution in [0.5, 0.6) is 0 Å². The minimum atomic E-state index is -1.21. The second-order valence-electron chi connectivity index (χ2n) is 4.34. The number of carbonyl (C=O) groups excluding carboxylic acids is 2. The summed E-state index contributed by atoms with van der Waals surface area (Å²) in [6.07, 6.45) is 2.84. The quantitative estimate of drug-likeness (QED) is 0.460. The number of fused-ring (bicyclic) bond motifs is 1. The summed E-state index contributed by atoms with van der Waals surface area (Å²) in [6, 6.07) is 7.47. The van der Waals surface area contributed by atoms with Crippen molar-refractivity contribution < 1.29 is 19.1 Å². The van der Waals surface area contributed by atoms with Gasteiger partial charge in [-0.05, 0) is 19.9 Å². The molecule has 0 atom stereocenters. The van der Waals surface area contributed by atoms with Crippen LogP contribution >= 0.6 is 0 Å². The van der Waals surface area contributed by atoms with Gasteiger partial charge in [0.05, 0.1) is 31.1 Å². The maximum absolute atomic E-state index is 11.8. The molecule has 2 aromatic rings. The maximum atomic E-state index is 11.8. The lowest BCUT2D eigenvalue weighted by atomic mass is 10.2. The first-order valence-electron chi connectivity index (χ1n) is 6.97. The number of benzene rings is 1. The third kappa shape index (κ3) is 3.49. The van der Waals surface area contributed by atoms with Crippen molar-refractivity contribution in [1.29, 1.82) is 0 Å². The SMILES string of the molecule is CCOC(=O)C(C=Nn1ncc2ccccc21)C(=O)OCC. The Balaban J connectivity index is 2.25. The number of carbonyl (C=O) groups is 2. The Kier molecular flexibility index (Phi) is 5.24. The van der Waals surface area contributed by atoms with Gasteiger partial charge in [-0.1, -0.05) is 18.2 Å². The van der Waals surface area contributed by atoms with Gasteiger partial charge in [0.2, 0.25) is 0 Å². The fraction of sp³-hybridized carbons (Fsp3) is 0.333. The van der Waals surface area contributed by atoms with Gasteiger partial charge < -0.3 is 9.47 Å². The molecule has 0 bridgehead atoms. The predicted molar refractivity (Wildman–Crippen MR) is 80.4 cm³/mol. The fourth-order valence-electron chi connectivity index (χ4n) is 1.86. The molecule has 0 radical (unpaired) electrons. The number of ether oxygens (including phenoxy) is 2. The molecule has 0 aliphatic rings. The molecule has 0 N–H and O–H groups in total. The molecule has 0 aliphatic carbocycles. The number of hydrogen-bond donors (Lipinski definition) is 0. The normalized spacial score (nSPS) is 11.2. The van der Waals surface area contributed by atoms with Crippen molar-refractivity contribution >= 4 is 29.1 Å². The summed E-state index contributed by atoms with van der Waals surface area (Å²) >= 11 is 0. The number of nitrogens with zero attached hydrogens (tertiary/aromatic N) is 3. The van der Waals surface area contributed by atoms with Crippen molar-refractivity contribution in [3.05, 3.63) is 30.5 Å². The van der Waals surface area contributed by atoms with Crippen LogP contribution in [0.2, 0.25) is 0 Å². The highest BCUT2D eigenvalue weighted by Crippen LogP contribution is 2.12. The van der Waals surface area contributed by atoms with Crippen LogP contribution in [0.3, 0.4) is 0 Å². The van der Waals surface area contributed by atoms with E-state index >= 15 is 0 Å². The summed E-state index contributed by atoms with van der Waals surface area (Å²) in [4.78, 5) is 25.0. The zero-order chi connectivity index (χ0) is 15.9. The number of para-hydroxylation sites is 1. The standard InChI is InChI=1S/C15H17N3O4/c1-3-21-14(19)12(15(20)22-4-2)10-17-18-13-8-6-5-7-11(13)9-16-18/h5-10,12H,3-4H2,1-2H3. The van der Waals surface area contributed by atoms with Gasteiger partial charge in [0.25, 0.3) is 0 Å². The van der Waals surface area contributed by atoms with E-state index in [4.69, 9.17) is 9.47 Å². The van der Waals surface area contributed by atoms with Crippen LogP contribution in [-0.2, 0) is 19.1 Å². The molecule has 0 fully saturated rings. The highest BCUT2D eigenvalue weighted by molar-refractivity contribution is 6.09. The van der Waals surface area contributed by atoms with Gasteiger partial charge in [0.15, 0.2) is 5.92 Å². The van der Waals surface area contributed by atoms with Crippen molar-refractivity contribution in [2.45, 2.75) is 13.8 Å². The van der Waals surface area contributed by atoms with Crippen LogP contribution < -0.4 is 0 Å². The second kappa shape index (κ2) is 7.35. The van der Waals surface area contributed by atoms with Crippen molar-refractivity contribution in [2.75, 3.05) is 13.2 Å². The lowest BCUT2D eigenvalue weighted by Crippen LogP contribution is -2.29. The van der Waals surface area contributed by atoms with E-state index in [2.05, 4.69) is 10.2 Å². The fourth-order valence-corrected chi connectivity index (χ4v) is 1.86. The minimum absolute atomic E-state index is 0.174. The van der Waals surface area contributed by atoms with Gasteiger partial charge in [-0.15, -0.1) is 0 Å². The zero-order valence-electron chi connectivity index (χ0n) is 12.4. The molecule has 0 unspecified atom stereocenters. The van der Waals surface area contributed by atoms with E-state index in [1.807, 2.05) is 24.3 Å². The Morgan fingerprint density at radius 1 is 1.23 bits per heavy atom.